The molecule has 0 bridgehead atoms. The Labute approximate surface area is 71.6 Å². The van der Waals surface area contributed by atoms with Gasteiger partial charge in [-0.1, -0.05) is 0 Å². The highest BCUT2D eigenvalue weighted by atomic mass is 19.4. The second kappa shape index (κ2) is 5.33. The van der Waals surface area contributed by atoms with Crippen LogP contribution < -0.4 is 0 Å². The summed E-state index contributed by atoms with van der Waals surface area (Å²) in [7, 11) is 0.837. The van der Waals surface area contributed by atoms with Gasteiger partial charge >= 0.3 is 6.18 Å². The molecular formula is C6H9F5O2. The lowest BCUT2D eigenvalue weighted by molar-refractivity contribution is -0.228. The Balaban J connectivity index is 3.73. The van der Waals surface area contributed by atoms with Crippen LogP contribution in [0.15, 0.2) is 0 Å². The molecule has 80 valence electrons. The highest BCUT2D eigenvalue weighted by molar-refractivity contribution is 4.65. The molecule has 0 fully saturated rings. The molecule has 0 aliphatic heterocycles. The summed E-state index contributed by atoms with van der Waals surface area (Å²) in [6.45, 7) is -1.93. The Morgan fingerprint density at radius 2 is 1.69 bits per heavy atom. The monoisotopic (exact) mass is 208 g/mol. The van der Waals surface area contributed by atoms with Gasteiger partial charge in [-0.15, -0.1) is 0 Å². The van der Waals surface area contributed by atoms with Gasteiger partial charge in [0.15, 0.2) is 6.10 Å². The van der Waals surface area contributed by atoms with Crippen molar-refractivity contribution in [3.8, 4) is 0 Å². The maximum Gasteiger partial charge on any atom is 0.416 e. The zero-order valence-electron chi connectivity index (χ0n) is 6.78. The predicted octanol–water partition coefficient (Wildman–Crippen LogP) is 1.85. The normalized spacial score (nSPS) is 15.0. The fourth-order valence-electron chi connectivity index (χ4n) is 0.560. The fourth-order valence-corrected chi connectivity index (χ4v) is 0.560. The minimum absolute atomic E-state index is 0.837. The summed E-state index contributed by atoms with van der Waals surface area (Å²) >= 11 is 0. The molecule has 0 radical (unpaired) electrons. The molecule has 1 atom stereocenters. The first-order valence-corrected chi connectivity index (χ1v) is 3.33. The topological polar surface area (TPSA) is 18.5 Å². The second-order valence-electron chi connectivity index (χ2n) is 2.19. The number of methoxy groups -OCH3 is 1. The van der Waals surface area contributed by atoms with Crippen molar-refractivity contribution in [2.24, 2.45) is 0 Å². The van der Waals surface area contributed by atoms with Gasteiger partial charge in [0.1, 0.15) is 6.61 Å². The lowest BCUT2D eigenvalue weighted by atomic mass is 10.4. The molecule has 0 heterocycles. The van der Waals surface area contributed by atoms with E-state index in [0.717, 1.165) is 7.11 Å². The van der Waals surface area contributed by atoms with E-state index in [4.69, 9.17) is 0 Å². The Hall–Kier alpha value is -0.430. The van der Waals surface area contributed by atoms with Gasteiger partial charge in [-0.05, 0) is 0 Å². The average Bonchev–Trinajstić information content (AvgIpc) is 1.95. The molecule has 0 N–H and O–H groups in total. The van der Waals surface area contributed by atoms with Crippen LogP contribution in [0.3, 0.4) is 0 Å². The third-order valence-corrected chi connectivity index (χ3v) is 1.16. The van der Waals surface area contributed by atoms with Crippen LogP contribution in [0.5, 0.6) is 0 Å². The third kappa shape index (κ3) is 5.75. The van der Waals surface area contributed by atoms with Crippen LogP contribution in [0.4, 0.5) is 22.0 Å². The van der Waals surface area contributed by atoms with Crippen LogP contribution in [0.25, 0.3) is 0 Å². The molecule has 0 saturated carbocycles. The SMILES string of the molecule is COC(COCC(F)F)C(F)(F)F. The number of halogens is 5. The van der Waals surface area contributed by atoms with Crippen molar-refractivity contribution in [3.63, 3.8) is 0 Å². The third-order valence-electron chi connectivity index (χ3n) is 1.16. The number of hydrogen-bond donors (Lipinski definition) is 0. The second-order valence-corrected chi connectivity index (χ2v) is 2.19. The van der Waals surface area contributed by atoms with Crippen molar-refractivity contribution in [1.29, 1.82) is 0 Å². The first-order chi connectivity index (χ1) is 5.88. The molecule has 0 rings (SSSR count). The molecule has 13 heavy (non-hydrogen) atoms. The summed E-state index contributed by atoms with van der Waals surface area (Å²) in [5, 5.41) is 0. The van der Waals surface area contributed by atoms with E-state index in [1.807, 2.05) is 0 Å². The van der Waals surface area contributed by atoms with Crippen molar-refractivity contribution in [2.45, 2.75) is 18.7 Å². The lowest BCUT2D eigenvalue weighted by Crippen LogP contribution is -2.35. The van der Waals surface area contributed by atoms with Crippen LogP contribution in [0.2, 0.25) is 0 Å². The zero-order chi connectivity index (χ0) is 10.5. The minimum Gasteiger partial charge on any atom is -0.372 e. The van der Waals surface area contributed by atoms with Gasteiger partial charge in [0, 0.05) is 7.11 Å². The van der Waals surface area contributed by atoms with Gasteiger partial charge in [-0.3, -0.25) is 0 Å². The van der Waals surface area contributed by atoms with Crippen molar-refractivity contribution in [3.05, 3.63) is 0 Å². The summed E-state index contributed by atoms with van der Waals surface area (Å²) in [5.41, 5.74) is 0. The molecule has 0 aliphatic carbocycles. The molecule has 0 spiro atoms. The standard InChI is InChI=1S/C6H9F5O2/c1-12-4(6(9,10)11)2-13-3-5(7)8/h4-5H,2-3H2,1H3. The Morgan fingerprint density at radius 1 is 1.15 bits per heavy atom. The zero-order valence-corrected chi connectivity index (χ0v) is 6.78. The van der Waals surface area contributed by atoms with E-state index < -0.39 is 31.9 Å². The molecule has 0 aromatic heterocycles. The van der Waals surface area contributed by atoms with E-state index in [9.17, 15) is 22.0 Å². The van der Waals surface area contributed by atoms with Crippen LogP contribution >= 0.6 is 0 Å². The molecule has 0 saturated heterocycles. The van der Waals surface area contributed by atoms with Crippen LogP contribution in [-0.4, -0.2) is 39.0 Å². The fraction of sp³-hybridized carbons (Fsp3) is 1.00. The number of hydrogen-bond acceptors (Lipinski definition) is 2. The average molecular weight is 208 g/mol. The Morgan fingerprint density at radius 3 is 2.00 bits per heavy atom. The lowest BCUT2D eigenvalue weighted by Gasteiger charge is -2.18. The number of alkyl halides is 5. The summed E-state index contributed by atoms with van der Waals surface area (Å²) in [6.07, 6.45) is -9.51. The van der Waals surface area contributed by atoms with E-state index in [2.05, 4.69) is 9.47 Å². The van der Waals surface area contributed by atoms with Gasteiger partial charge in [0.2, 0.25) is 0 Å². The van der Waals surface area contributed by atoms with Crippen molar-refractivity contribution in [1.82, 2.24) is 0 Å². The largest absolute Gasteiger partial charge is 0.416 e. The van der Waals surface area contributed by atoms with E-state index >= 15 is 0 Å². The molecular weight excluding hydrogens is 199 g/mol. The van der Waals surface area contributed by atoms with E-state index in [1.165, 1.54) is 0 Å². The Kier molecular flexibility index (Phi) is 5.16. The first-order valence-electron chi connectivity index (χ1n) is 3.33. The molecule has 7 heteroatoms. The minimum atomic E-state index is -4.59. The van der Waals surface area contributed by atoms with Gasteiger partial charge in [-0.25, -0.2) is 8.78 Å². The number of rotatable bonds is 5. The van der Waals surface area contributed by atoms with E-state index in [-0.39, 0.29) is 0 Å². The molecule has 0 aromatic rings. The summed E-state index contributed by atoms with van der Waals surface area (Å²) in [4.78, 5) is 0. The van der Waals surface area contributed by atoms with Gasteiger partial charge in [0.05, 0.1) is 6.61 Å². The smallest absolute Gasteiger partial charge is 0.372 e. The maximum absolute atomic E-state index is 11.9. The molecule has 1 unspecified atom stereocenters. The maximum atomic E-state index is 11.9. The first kappa shape index (κ1) is 12.6. The summed E-state index contributed by atoms with van der Waals surface area (Å²) in [6, 6.07) is 0. The van der Waals surface area contributed by atoms with Gasteiger partial charge in [0.25, 0.3) is 6.43 Å². The molecule has 0 amide bonds. The van der Waals surface area contributed by atoms with Crippen molar-refractivity contribution < 1.29 is 31.4 Å². The summed E-state index contributed by atoms with van der Waals surface area (Å²) in [5.74, 6) is 0. The van der Waals surface area contributed by atoms with Crippen molar-refractivity contribution in [2.75, 3.05) is 20.3 Å². The highest BCUT2D eigenvalue weighted by Crippen LogP contribution is 2.22. The Bertz CT molecular complexity index is 135. The van der Waals surface area contributed by atoms with Crippen molar-refractivity contribution >= 4 is 0 Å². The predicted molar refractivity (Wildman–Crippen MR) is 33.7 cm³/mol. The number of ether oxygens (including phenoxy) is 2. The van der Waals surface area contributed by atoms with E-state index in [1.54, 1.807) is 0 Å². The quantitative estimate of drug-likeness (QED) is 0.642. The van der Waals surface area contributed by atoms with Gasteiger partial charge < -0.3 is 9.47 Å². The van der Waals surface area contributed by atoms with E-state index in [0.29, 0.717) is 0 Å². The highest BCUT2D eigenvalue weighted by Gasteiger charge is 2.40. The summed E-state index contributed by atoms with van der Waals surface area (Å²) < 4.78 is 66.5. The molecule has 0 aliphatic rings. The van der Waals surface area contributed by atoms with Gasteiger partial charge in [-0.2, -0.15) is 13.2 Å². The van der Waals surface area contributed by atoms with Crippen LogP contribution in [0, 0.1) is 0 Å². The molecule has 2 nitrogen and oxygen atoms in total. The molecule has 0 aromatic carbocycles. The van der Waals surface area contributed by atoms with Crippen LogP contribution in [-0.2, 0) is 9.47 Å². The van der Waals surface area contributed by atoms with Crippen LogP contribution in [0.1, 0.15) is 0 Å².